The molecule has 3 heterocycles. The van der Waals surface area contributed by atoms with Crippen molar-refractivity contribution in [1.82, 2.24) is 4.90 Å². The quantitative estimate of drug-likeness (QED) is 0.757. The molecule has 0 aliphatic carbocycles. The van der Waals surface area contributed by atoms with Crippen molar-refractivity contribution < 1.29 is 19.3 Å². The fraction of sp³-hybridized carbons (Fsp3) is 0.652. The molecule has 160 valence electrons. The number of benzene rings is 1. The molecule has 29 heavy (non-hydrogen) atoms. The van der Waals surface area contributed by atoms with Crippen molar-refractivity contribution in [3.63, 3.8) is 0 Å². The second kappa shape index (κ2) is 9.80. The lowest BCUT2D eigenvalue weighted by molar-refractivity contribution is -0.0385. The highest BCUT2D eigenvalue weighted by Gasteiger charge is 2.37. The number of β-amino-alcohol motifs (C(OH)–C–C–N with tert-alkyl or cyclic N) is 1. The SMILES string of the molecule is OC(COc1cc(Cl)cc(C2=CCOCC2)c1)CN1CCCC2(CCOCC2)C1. The van der Waals surface area contributed by atoms with Crippen molar-refractivity contribution in [3.8, 4) is 5.75 Å². The Hall–Kier alpha value is -1.11. The van der Waals surface area contributed by atoms with Crippen LogP contribution in [0.5, 0.6) is 5.75 Å². The third kappa shape index (κ3) is 5.74. The zero-order valence-electron chi connectivity index (χ0n) is 17.1. The van der Waals surface area contributed by atoms with E-state index in [1.54, 1.807) is 0 Å². The molecular formula is C23H32ClNO4. The van der Waals surface area contributed by atoms with Crippen LogP contribution < -0.4 is 4.74 Å². The lowest BCUT2D eigenvalue weighted by atomic mass is 9.74. The minimum atomic E-state index is -0.519. The fourth-order valence-electron chi connectivity index (χ4n) is 4.84. The van der Waals surface area contributed by atoms with Crippen LogP contribution in [-0.4, -0.2) is 68.8 Å². The predicted molar refractivity (Wildman–Crippen MR) is 115 cm³/mol. The Morgan fingerprint density at radius 1 is 1.14 bits per heavy atom. The van der Waals surface area contributed by atoms with Gasteiger partial charge in [-0.2, -0.15) is 0 Å². The van der Waals surface area contributed by atoms with E-state index in [1.165, 1.54) is 18.4 Å². The number of halogens is 1. The van der Waals surface area contributed by atoms with Crippen LogP contribution >= 0.6 is 11.6 Å². The molecule has 0 radical (unpaired) electrons. The summed E-state index contributed by atoms with van der Waals surface area (Å²) in [7, 11) is 0. The Bertz CT molecular complexity index is 711. The fourth-order valence-corrected chi connectivity index (χ4v) is 5.07. The van der Waals surface area contributed by atoms with E-state index in [-0.39, 0.29) is 6.61 Å². The number of hydrogen-bond acceptors (Lipinski definition) is 5. The largest absolute Gasteiger partial charge is 0.491 e. The summed E-state index contributed by atoms with van der Waals surface area (Å²) in [6.45, 7) is 6.16. The summed E-state index contributed by atoms with van der Waals surface area (Å²) < 4.78 is 16.9. The first-order valence-corrected chi connectivity index (χ1v) is 11.2. The van der Waals surface area contributed by atoms with Gasteiger partial charge in [-0.25, -0.2) is 0 Å². The molecule has 2 fully saturated rings. The van der Waals surface area contributed by atoms with Crippen LogP contribution in [0.1, 0.15) is 37.7 Å². The van der Waals surface area contributed by atoms with Crippen LogP contribution in [0.4, 0.5) is 0 Å². The van der Waals surface area contributed by atoms with E-state index in [0.717, 1.165) is 57.7 Å². The minimum absolute atomic E-state index is 0.272. The van der Waals surface area contributed by atoms with Gasteiger partial charge in [0.15, 0.2) is 0 Å². The van der Waals surface area contributed by atoms with Crippen LogP contribution in [0.25, 0.3) is 5.57 Å². The summed E-state index contributed by atoms with van der Waals surface area (Å²) in [5.41, 5.74) is 2.69. The lowest BCUT2D eigenvalue weighted by Gasteiger charge is -2.45. The number of hydrogen-bond donors (Lipinski definition) is 1. The highest BCUT2D eigenvalue weighted by Crippen LogP contribution is 2.39. The minimum Gasteiger partial charge on any atom is -0.491 e. The number of likely N-dealkylation sites (tertiary alicyclic amines) is 1. The van der Waals surface area contributed by atoms with Crippen LogP contribution in [0.2, 0.25) is 5.02 Å². The summed E-state index contributed by atoms with van der Waals surface area (Å²) >= 11 is 6.30. The topological polar surface area (TPSA) is 51.2 Å². The summed E-state index contributed by atoms with van der Waals surface area (Å²) in [5.74, 6) is 0.707. The van der Waals surface area contributed by atoms with E-state index in [0.29, 0.717) is 29.3 Å². The lowest BCUT2D eigenvalue weighted by Crippen LogP contribution is -2.48. The molecule has 1 unspecified atom stereocenters. The molecule has 1 aromatic rings. The van der Waals surface area contributed by atoms with E-state index in [2.05, 4.69) is 11.0 Å². The van der Waals surface area contributed by atoms with Gasteiger partial charge in [0.2, 0.25) is 0 Å². The van der Waals surface area contributed by atoms with Gasteiger partial charge in [-0.3, -0.25) is 0 Å². The van der Waals surface area contributed by atoms with E-state index >= 15 is 0 Å². The summed E-state index contributed by atoms with van der Waals surface area (Å²) in [6.07, 6.45) is 7.22. The molecule has 0 amide bonds. The van der Waals surface area contributed by atoms with E-state index < -0.39 is 6.10 Å². The molecular weight excluding hydrogens is 390 g/mol. The first-order valence-electron chi connectivity index (χ1n) is 10.8. The third-order valence-corrected chi connectivity index (χ3v) is 6.63. The highest BCUT2D eigenvalue weighted by molar-refractivity contribution is 6.30. The highest BCUT2D eigenvalue weighted by atomic mass is 35.5. The Morgan fingerprint density at radius 3 is 2.79 bits per heavy atom. The predicted octanol–water partition coefficient (Wildman–Crippen LogP) is 3.78. The Kier molecular flexibility index (Phi) is 7.14. The summed E-state index contributed by atoms with van der Waals surface area (Å²) in [5, 5.41) is 11.2. The number of aliphatic hydroxyl groups excluding tert-OH is 1. The second-order valence-corrected chi connectivity index (χ2v) is 9.08. The third-order valence-electron chi connectivity index (χ3n) is 6.41. The van der Waals surface area contributed by atoms with Gasteiger partial charge in [-0.05, 0) is 73.4 Å². The zero-order valence-corrected chi connectivity index (χ0v) is 17.8. The standard InChI is InChI=1S/C23H32ClNO4/c24-20-12-19(18-2-8-27-9-3-18)13-22(14-20)29-16-21(26)15-25-7-1-4-23(17-25)5-10-28-11-6-23/h2,12-14,21,26H,1,3-11,15-17H2. The molecule has 1 N–H and O–H groups in total. The molecule has 1 aromatic carbocycles. The van der Waals surface area contributed by atoms with Gasteiger partial charge in [0.25, 0.3) is 0 Å². The van der Waals surface area contributed by atoms with E-state index in [1.807, 2.05) is 18.2 Å². The monoisotopic (exact) mass is 421 g/mol. The van der Waals surface area contributed by atoms with Crippen LogP contribution in [0.15, 0.2) is 24.3 Å². The van der Waals surface area contributed by atoms with Crippen molar-refractivity contribution in [2.75, 3.05) is 52.7 Å². The average molecular weight is 422 g/mol. The first-order chi connectivity index (χ1) is 14.1. The molecule has 3 aliphatic rings. The zero-order chi connectivity index (χ0) is 20.1. The number of piperidine rings is 1. The Balaban J connectivity index is 1.31. The Morgan fingerprint density at radius 2 is 2.00 bits per heavy atom. The number of aliphatic hydroxyl groups is 1. The molecule has 0 saturated carbocycles. The van der Waals surface area contributed by atoms with Gasteiger partial charge < -0.3 is 24.2 Å². The number of nitrogens with zero attached hydrogens (tertiary/aromatic N) is 1. The van der Waals surface area contributed by atoms with Crippen LogP contribution in [0.3, 0.4) is 0 Å². The smallest absolute Gasteiger partial charge is 0.121 e. The normalized spacial score (nSPS) is 23.6. The van der Waals surface area contributed by atoms with Gasteiger partial charge in [-0.15, -0.1) is 0 Å². The van der Waals surface area contributed by atoms with Crippen molar-refractivity contribution in [3.05, 3.63) is 34.9 Å². The molecule has 3 aliphatic heterocycles. The van der Waals surface area contributed by atoms with Crippen molar-refractivity contribution >= 4 is 17.2 Å². The maximum atomic E-state index is 10.6. The molecule has 0 aromatic heterocycles. The van der Waals surface area contributed by atoms with Gasteiger partial charge in [-0.1, -0.05) is 17.7 Å². The molecule has 2 saturated heterocycles. The summed E-state index contributed by atoms with van der Waals surface area (Å²) in [4.78, 5) is 2.40. The molecule has 6 heteroatoms. The molecule has 1 spiro atoms. The molecule has 4 rings (SSSR count). The van der Waals surface area contributed by atoms with Crippen molar-refractivity contribution in [2.24, 2.45) is 5.41 Å². The molecule has 0 bridgehead atoms. The maximum Gasteiger partial charge on any atom is 0.121 e. The number of rotatable bonds is 6. The molecule has 5 nitrogen and oxygen atoms in total. The molecule has 1 atom stereocenters. The number of ether oxygens (including phenoxy) is 3. The average Bonchev–Trinajstić information content (AvgIpc) is 2.73. The van der Waals surface area contributed by atoms with E-state index in [4.69, 9.17) is 25.8 Å². The van der Waals surface area contributed by atoms with E-state index in [9.17, 15) is 5.11 Å². The van der Waals surface area contributed by atoms with Gasteiger partial charge in [0.05, 0.1) is 13.2 Å². The van der Waals surface area contributed by atoms with Gasteiger partial charge >= 0.3 is 0 Å². The van der Waals surface area contributed by atoms with Gasteiger partial charge in [0, 0.05) is 31.3 Å². The van der Waals surface area contributed by atoms with Crippen molar-refractivity contribution in [1.29, 1.82) is 0 Å². The second-order valence-electron chi connectivity index (χ2n) is 8.65. The Labute approximate surface area is 178 Å². The maximum absolute atomic E-state index is 10.6. The first kappa shape index (κ1) is 21.1. The van der Waals surface area contributed by atoms with Crippen LogP contribution in [0, 0.1) is 5.41 Å². The van der Waals surface area contributed by atoms with Gasteiger partial charge in [0.1, 0.15) is 18.5 Å². The van der Waals surface area contributed by atoms with Crippen LogP contribution in [-0.2, 0) is 9.47 Å². The van der Waals surface area contributed by atoms with Crippen molar-refractivity contribution in [2.45, 2.75) is 38.2 Å². The summed E-state index contributed by atoms with van der Waals surface area (Å²) in [6, 6.07) is 5.78.